The van der Waals surface area contributed by atoms with Gasteiger partial charge in [0.25, 0.3) is 5.91 Å². The van der Waals surface area contributed by atoms with Gasteiger partial charge in [0, 0.05) is 19.6 Å². The lowest BCUT2D eigenvalue weighted by atomic mass is 9.98. The fraction of sp³-hybridized carbons (Fsp3) is 0.333. The lowest BCUT2D eigenvalue weighted by molar-refractivity contribution is -0.120. The van der Waals surface area contributed by atoms with Crippen LogP contribution in [-0.4, -0.2) is 58.4 Å². The van der Waals surface area contributed by atoms with Crippen molar-refractivity contribution in [3.63, 3.8) is 0 Å². The number of sulfonamides is 1. The number of benzene rings is 3. The number of nitrogens with one attached hydrogen (secondary N) is 2. The van der Waals surface area contributed by atoms with Crippen LogP contribution in [0.2, 0.25) is 0 Å². The minimum absolute atomic E-state index is 0.0850. The van der Waals surface area contributed by atoms with Crippen LogP contribution in [0, 0.1) is 12.8 Å². The first-order valence-corrected chi connectivity index (χ1v) is 14.6. The molecule has 10 heteroatoms. The molecule has 9 nitrogen and oxygen atoms in total. The smallest absolute Gasteiger partial charge is 0.253 e. The monoisotopic (exact) mass is 565 g/mol. The van der Waals surface area contributed by atoms with Crippen molar-refractivity contribution in [2.75, 3.05) is 39.2 Å². The van der Waals surface area contributed by atoms with E-state index in [-0.39, 0.29) is 23.3 Å². The molecule has 0 aliphatic carbocycles. The van der Waals surface area contributed by atoms with Crippen molar-refractivity contribution in [3.05, 3.63) is 83.4 Å². The average Bonchev–Trinajstić information content (AvgIpc) is 2.97. The molecule has 1 aliphatic heterocycles. The standard InChI is InChI=1S/C30H35N3O6S/c1-21-10-13-24(14-11-21)40(36,37)33-18-6-7-23(20-33)29(34)32-26-9-5-4-8-25(26)30(35)31-17-16-22-12-15-27(38-2)28(19-22)39-3/h4-5,8-15,19,23H,6-7,16-18,20H2,1-3H3,(H,31,35)(H,32,34). The Morgan fingerprint density at radius 2 is 1.70 bits per heavy atom. The number of amides is 2. The molecule has 1 aliphatic rings. The molecule has 3 aromatic carbocycles. The third-order valence-electron chi connectivity index (χ3n) is 6.99. The van der Waals surface area contributed by atoms with E-state index in [0.29, 0.717) is 55.1 Å². The number of methoxy groups -OCH3 is 2. The van der Waals surface area contributed by atoms with E-state index in [4.69, 9.17) is 9.47 Å². The molecule has 1 unspecified atom stereocenters. The van der Waals surface area contributed by atoms with Crippen LogP contribution in [0.25, 0.3) is 0 Å². The summed E-state index contributed by atoms with van der Waals surface area (Å²) in [5.41, 5.74) is 2.67. The molecule has 0 aromatic heterocycles. The fourth-order valence-electron chi connectivity index (χ4n) is 4.71. The molecule has 0 saturated carbocycles. The second kappa shape index (κ2) is 13.0. The zero-order valence-corrected chi connectivity index (χ0v) is 23.8. The number of nitrogens with zero attached hydrogens (tertiary/aromatic N) is 1. The van der Waals surface area contributed by atoms with Gasteiger partial charge in [0.05, 0.1) is 36.3 Å². The van der Waals surface area contributed by atoms with E-state index in [1.165, 1.54) is 4.31 Å². The summed E-state index contributed by atoms with van der Waals surface area (Å²) in [6.45, 7) is 2.72. The third kappa shape index (κ3) is 6.81. The number of carbonyl (C=O) groups excluding carboxylic acids is 2. The lowest BCUT2D eigenvalue weighted by Crippen LogP contribution is -2.43. The number of hydrogen-bond acceptors (Lipinski definition) is 6. The molecule has 0 radical (unpaired) electrons. The van der Waals surface area contributed by atoms with Crippen LogP contribution in [0.5, 0.6) is 11.5 Å². The van der Waals surface area contributed by atoms with Crippen molar-refractivity contribution >= 4 is 27.5 Å². The topological polar surface area (TPSA) is 114 Å². The number of carbonyl (C=O) groups is 2. The molecule has 1 fully saturated rings. The Morgan fingerprint density at radius 1 is 0.975 bits per heavy atom. The number of para-hydroxylation sites is 1. The van der Waals surface area contributed by atoms with Gasteiger partial charge in [-0.05, 0) is 68.1 Å². The molecule has 4 rings (SSSR count). The van der Waals surface area contributed by atoms with Crippen molar-refractivity contribution in [1.82, 2.24) is 9.62 Å². The molecule has 2 amide bonds. The highest BCUT2D eigenvalue weighted by Gasteiger charge is 2.33. The summed E-state index contributed by atoms with van der Waals surface area (Å²) < 4.78 is 38.3. The zero-order chi connectivity index (χ0) is 28.7. The molecular formula is C30H35N3O6S. The number of rotatable bonds is 10. The van der Waals surface area contributed by atoms with Gasteiger partial charge in [-0.15, -0.1) is 0 Å². The van der Waals surface area contributed by atoms with Crippen molar-refractivity contribution in [3.8, 4) is 11.5 Å². The van der Waals surface area contributed by atoms with Gasteiger partial charge in [-0.2, -0.15) is 4.31 Å². The summed E-state index contributed by atoms with van der Waals surface area (Å²) in [5, 5.41) is 5.77. The summed E-state index contributed by atoms with van der Waals surface area (Å²) in [6, 6.07) is 19.1. The van der Waals surface area contributed by atoms with Crippen LogP contribution in [-0.2, 0) is 21.2 Å². The van der Waals surface area contributed by atoms with Crippen LogP contribution < -0.4 is 20.1 Å². The summed E-state index contributed by atoms with van der Waals surface area (Å²) in [5.74, 6) is 0.0919. The number of hydrogen-bond donors (Lipinski definition) is 2. The average molecular weight is 566 g/mol. The molecule has 0 spiro atoms. The van der Waals surface area contributed by atoms with E-state index in [1.54, 1.807) is 62.8 Å². The minimum Gasteiger partial charge on any atom is -0.493 e. The normalized spacial score (nSPS) is 15.7. The highest BCUT2D eigenvalue weighted by Crippen LogP contribution is 2.28. The number of ether oxygens (including phenoxy) is 2. The first kappa shape index (κ1) is 29.1. The van der Waals surface area contributed by atoms with E-state index in [2.05, 4.69) is 10.6 Å². The maximum absolute atomic E-state index is 13.2. The minimum atomic E-state index is -3.71. The van der Waals surface area contributed by atoms with Gasteiger partial charge in [-0.1, -0.05) is 35.9 Å². The summed E-state index contributed by atoms with van der Waals surface area (Å²) >= 11 is 0. The first-order valence-electron chi connectivity index (χ1n) is 13.2. The molecule has 0 bridgehead atoms. The summed E-state index contributed by atoms with van der Waals surface area (Å²) in [4.78, 5) is 26.4. The van der Waals surface area contributed by atoms with Crippen LogP contribution >= 0.6 is 0 Å². The highest BCUT2D eigenvalue weighted by molar-refractivity contribution is 7.89. The highest BCUT2D eigenvalue weighted by atomic mass is 32.2. The van der Waals surface area contributed by atoms with Crippen molar-refractivity contribution in [1.29, 1.82) is 0 Å². The van der Waals surface area contributed by atoms with Gasteiger partial charge in [-0.3, -0.25) is 9.59 Å². The van der Waals surface area contributed by atoms with Crippen LogP contribution in [0.1, 0.15) is 34.3 Å². The van der Waals surface area contributed by atoms with Gasteiger partial charge in [0.15, 0.2) is 11.5 Å². The van der Waals surface area contributed by atoms with E-state index < -0.39 is 15.9 Å². The second-order valence-electron chi connectivity index (χ2n) is 9.75. The molecular weight excluding hydrogens is 530 g/mol. The number of anilines is 1. The SMILES string of the molecule is COc1ccc(CCNC(=O)c2ccccc2NC(=O)C2CCCN(S(=O)(=O)c3ccc(C)cc3)C2)cc1OC. The van der Waals surface area contributed by atoms with Gasteiger partial charge in [0.2, 0.25) is 15.9 Å². The fourth-order valence-corrected chi connectivity index (χ4v) is 6.23. The maximum Gasteiger partial charge on any atom is 0.253 e. The van der Waals surface area contributed by atoms with Crippen molar-refractivity contribution in [2.45, 2.75) is 31.1 Å². The molecule has 1 saturated heterocycles. The number of aryl methyl sites for hydroxylation is 1. The number of piperidine rings is 1. The Labute approximate surface area is 235 Å². The Morgan fingerprint density at radius 3 is 2.42 bits per heavy atom. The lowest BCUT2D eigenvalue weighted by Gasteiger charge is -2.31. The molecule has 3 aromatic rings. The summed E-state index contributed by atoms with van der Waals surface area (Å²) in [7, 11) is -0.560. The summed E-state index contributed by atoms with van der Waals surface area (Å²) in [6.07, 6.45) is 1.71. The Balaban J connectivity index is 1.38. The van der Waals surface area contributed by atoms with E-state index in [1.807, 2.05) is 25.1 Å². The van der Waals surface area contributed by atoms with Crippen LogP contribution in [0.15, 0.2) is 71.6 Å². The largest absolute Gasteiger partial charge is 0.493 e. The maximum atomic E-state index is 13.2. The Bertz CT molecular complexity index is 1460. The quantitative estimate of drug-likeness (QED) is 0.384. The van der Waals surface area contributed by atoms with E-state index >= 15 is 0 Å². The van der Waals surface area contributed by atoms with Gasteiger partial charge >= 0.3 is 0 Å². The third-order valence-corrected chi connectivity index (χ3v) is 8.87. The Kier molecular flexibility index (Phi) is 9.44. The molecule has 212 valence electrons. The van der Waals surface area contributed by atoms with Crippen molar-refractivity contribution < 1.29 is 27.5 Å². The van der Waals surface area contributed by atoms with Crippen LogP contribution in [0.3, 0.4) is 0 Å². The predicted molar refractivity (Wildman–Crippen MR) is 153 cm³/mol. The second-order valence-corrected chi connectivity index (χ2v) is 11.7. The Hall–Kier alpha value is -3.89. The van der Waals surface area contributed by atoms with E-state index in [9.17, 15) is 18.0 Å². The van der Waals surface area contributed by atoms with Crippen molar-refractivity contribution in [2.24, 2.45) is 5.92 Å². The van der Waals surface area contributed by atoms with Gasteiger partial charge < -0.3 is 20.1 Å². The molecule has 1 heterocycles. The van der Waals surface area contributed by atoms with Crippen LogP contribution in [0.4, 0.5) is 5.69 Å². The van der Waals surface area contributed by atoms with E-state index in [0.717, 1.165) is 11.1 Å². The molecule has 2 N–H and O–H groups in total. The molecule has 1 atom stereocenters. The van der Waals surface area contributed by atoms with Gasteiger partial charge in [-0.25, -0.2) is 8.42 Å². The molecule has 40 heavy (non-hydrogen) atoms. The first-order chi connectivity index (χ1) is 19.2. The zero-order valence-electron chi connectivity index (χ0n) is 23.0. The predicted octanol–water partition coefficient (Wildman–Crippen LogP) is 4.02. The van der Waals surface area contributed by atoms with Gasteiger partial charge in [0.1, 0.15) is 0 Å².